The quantitative estimate of drug-likeness (QED) is 0.520. The van der Waals surface area contributed by atoms with Crippen molar-refractivity contribution in [2.45, 2.75) is 19.4 Å². The number of hydrogen-bond donors (Lipinski definition) is 1. The minimum atomic E-state index is -0.671. The zero-order chi connectivity index (χ0) is 15.4. The fourth-order valence-corrected chi connectivity index (χ4v) is 1.99. The molecule has 8 heteroatoms. The molecule has 2 aromatic rings. The first-order valence-corrected chi connectivity index (χ1v) is 6.48. The summed E-state index contributed by atoms with van der Waals surface area (Å²) in [6.45, 7) is 1.77. The first kappa shape index (κ1) is 15.0. The Morgan fingerprint density at radius 1 is 1.62 bits per heavy atom. The summed E-state index contributed by atoms with van der Waals surface area (Å²) < 4.78 is 5.18. The molecule has 110 valence electrons. The van der Waals surface area contributed by atoms with Crippen LogP contribution in [0.5, 0.6) is 0 Å². The van der Waals surface area contributed by atoms with E-state index in [-0.39, 0.29) is 22.4 Å². The van der Waals surface area contributed by atoms with E-state index in [0.29, 0.717) is 12.2 Å². The Hall–Kier alpha value is -2.41. The molecule has 0 aromatic carbocycles. The van der Waals surface area contributed by atoms with Crippen LogP contribution in [0.15, 0.2) is 35.1 Å². The number of aromatic nitrogens is 1. The number of nitrogens with one attached hydrogen (secondary N) is 1. The lowest BCUT2D eigenvalue weighted by atomic mass is 10.1. The van der Waals surface area contributed by atoms with Crippen molar-refractivity contribution < 1.29 is 14.1 Å². The highest BCUT2D eigenvalue weighted by Gasteiger charge is 2.22. The Kier molecular flexibility index (Phi) is 4.54. The zero-order valence-corrected chi connectivity index (χ0v) is 11.8. The van der Waals surface area contributed by atoms with Crippen molar-refractivity contribution in [2.24, 2.45) is 0 Å². The molecule has 1 amide bonds. The average Bonchev–Trinajstić information content (AvgIpc) is 2.90. The van der Waals surface area contributed by atoms with Crippen LogP contribution in [0.3, 0.4) is 0 Å². The predicted octanol–water partition coefficient (Wildman–Crippen LogP) is 2.60. The maximum absolute atomic E-state index is 12.1. The lowest BCUT2D eigenvalue weighted by Crippen LogP contribution is -2.34. The maximum atomic E-state index is 12.1. The van der Waals surface area contributed by atoms with Crippen molar-refractivity contribution in [3.63, 3.8) is 0 Å². The molecule has 1 N–H and O–H groups in total. The van der Waals surface area contributed by atoms with Gasteiger partial charge in [0.25, 0.3) is 11.6 Å². The van der Waals surface area contributed by atoms with Gasteiger partial charge in [0.15, 0.2) is 0 Å². The lowest BCUT2D eigenvalue weighted by Gasteiger charge is -2.12. The molecule has 0 aliphatic heterocycles. The smallest absolute Gasteiger partial charge is 0.300 e. The fraction of sp³-hybridized carbons (Fsp3) is 0.231. The summed E-state index contributed by atoms with van der Waals surface area (Å²) in [7, 11) is 0. The maximum Gasteiger partial charge on any atom is 0.300 e. The SMILES string of the molecule is CC(Cc1ccco1)NC(=O)c1cc(Cl)ncc1[N+](=O)[O-]. The molecule has 2 aromatic heterocycles. The second-order valence-corrected chi connectivity index (χ2v) is 4.83. The highest BCUT2D eigenvalue weighted by atomic mass is 35.5. The van der Waals surface area contributed by atoms with Gasteiger partial charge in [0.1, 0.15) is 22.7 Å². The van der Waals surface area contributed by atoms with E-state index in [9.17, 15) is 14.9 Å². The van der Waals surface area contributed by atoms with E-state index < -0.39 is 10.8 Å². The number of pyridine rings is 1. The summed E-state index contributed by atoms with van der Waals surface area (Å²) in [5.41, 5.74) is -0.506. The molecule has 1 atom stereocenters. The van der Waals surface area contributed by atoms with Crippen LogP contribution in [0, 0.1) is 10.1 Å². The molecule has 0 saturated heterocycles. The van der Waals surface area contributed by atoms with Crippen LogP contribution >= 0.6 is 11.6 Å². The van der Waals surface area contributed by atoms with Crippen molar-refractivity contribution in [3.05, 3.63) is 57.3 Å². The molecular formula is C13H12ClN3O4. The van der Waals surface area contributed by atoms with Gasteiger partial charge in [-0.2, -0.15) is 0 Å². The monoisotopic (exact) mass is 309 g/mol. The molecule has 0 bridgehead atoms. The summed E-state index contributed by atoms with van der Waals surface area (Å²) in [5.74, 6) is 0.134. The number of carbonyl (C=O) groups excluding carboxylic acids is 1. The number of amides is 1. The van der Waals surface area contributed by atoms with E-state index in [1.54, 1.807) is 19.1 Å². The molecule has 0 fully saturated rings. The molecule has 21 heavy (non-hydrogen) atoms. The van der Waals surface area contributed by atoms with E-state index in [1.165, 1.54) is 12.3 Å². The second-order valence-electron chi connectivity index (χ2n) is 4.44. The van der Waals surface area contributed by atoms with Crippen LogP contribution in [-0.4, -0.2) is 21.9 Å². The Bertz CT molecular complexity index is 657. The number of nitro groups is 1. The van der Waals surface area contributed by atoms with E-state index >= 15 is 0 Å². The van der Waals surface area contributed by atoms with E-state index in [0.717, 1.165) is 6.20 Å². The third-order valence-electron chi connectivity index (χ3n) is 2.76. The van der Waals surface area contributed by atoms with Crippen molar-refractivity contribution in [1.29, 1.82) is 0 Å². The fourth-order valence-electron chi connectivity index (χ4n) is 1.83. The van der Waals surface area contributed by atoms with Gasteiger partial charge in [0.05, 0.1) is 11.2 Å². The first-order chi connectivity index (χ1) is 9.97. The van der Waals surface area contributed by atoms with Crippen LogP contribution in [-0.2, 0) is 6.42 Å². The summed E-state index contributed by atoms with van der Waals surface area (Å²) in [5, 5.41) is 13.6. The van der Waals surface area contributed by atoms with E-state index in [1.807, 2.05) is 0 Å². The summed E-state index contributed by atoms with van der Waals surface area (Å²) >= 11 is 5.69. The molecule has 0 aliphatic carbocycles. The highest BCUT2D eigenvalue weighted by molar-refractivity contribution is 6.29. The molecule has 2 heterocycles. The van der Waals surface area contributed by atoms with Crippen LogP contribution in [0.2, 0.25) is 5.15 Å². The van der Waals surface area contributed by atoms with Gasteiger partial charge in [0.2, 0.25) is 0 Å². The van der Waals surface area contributed by atoms with Crippen LogP contribution < -0.4 is 5.32 Å². The summed E-state index contributed by atoms with van der Waals surface area (Å²) in [6.07, 6.45) is 2.98. The molecule has 0 aliphatic rings. The van der Waals surface area contributed by atoms with Crippen molar-refractivity contribution in [2.75, 3.05) is 0 Å². The number of hydrogen-bond acceptors (Lipinski definition) is 5. The first-order valence-electron chi connectivity index (χ1n) is 6.10. The third kappa shape index (κ3) is 3.79. The van der Waals surface area contributed by atoms with Gasteiger partial charge in [-0.05, 0) is 25.1 Å². The standard InChI is InChI=1S/C13H12ClN3O4/c1-8(5-9-3-2-4-21-9)16-13(18)10-6-12(14)15-7-11(10)17(19)20/h2-4,6-8H,5H2,1H3,(H,16,18). The molecule has 0 saturated carbocycles. The zero-order valence-electron chi connectivity index (χ0n) is 11.1. The molecule has 0 radical (unpaired) electrons. The molecule has 0 spiro atoms. The van der Waals surface area contributed by atoms with E-state index in [4.69, 9.17) is 16.0 Å². The Morgan fingerprint density at radius 2 is 2.38 bits per heavy atom. The third-order valence-corrected chi connectivity index (χ3v) is 2.96. The minimum absolute atomic E-state index is 0.0180. The molecule has 1 unspecified atom stereocenters. The van der Waals surface area contributed by atoms with Crippen molar-refractivity contribution in [1.82, 2.24) is 10.3 Å². The van der Waals surface area contributed by atoms with Crippen LogP contribution in [0.4, 0.5) is 5.69 Å². The highest BCUT2D eigenvalue weighted by Crippen LogP contribution is 2.20. The number of rotatable bonds is 5. The number of furan rings is 1. The predicted molar refractivity (Wildman–Crippen MR) is 75.2 cm³/mol. The largest absolute Gasteiger partial charge is 0.469 e. The van der Waals surface area contributed by atoms with Gasteiger partial charge >= 0.3 is 0 Å². The van der Waals surface area contributed by atoms with Crippen LogP contribution in [0.1, 0.15) is 23.0 Å². The Labute approximate surface area is 125 Å². The number of halogens is 1. The van der Waals surface area contributed by atoms with E-state index in [2.05, 4.69) is 10.3 Å². The van der Waals surface area contributed by atoms with Gasteiger partial charge in [-0.3, -0.25) is 14.9 Å². The summed E-state index contributed by atoms with van der Waals surface area (Å²) in [4.78, 5) is 26.0. The molecule has 7 nitrogen and oxygen atoms in total. The van der Waals surface area contributed by atoms with Crippen LogP contribution in [0.25, 0.3) is 0 Å². The normalized spacial score (nSPS) is 11.9. The molecule has 2 rings (SSSR count). The Morgan fingerprint density at radius 3 is 3.00 bits per heavy atom. The van der Waals surface area contributed by atoms with Gasteiger partial charge in [-0.25, -0.2) is 4.98 Å². The van der Waals surface area contributed by atoms with Gasteiger partial charge < -0.3 is 9.73 Å². The minimum Gasteiger partial charge on any atom is -0.469 e. The van der Waals surface area contributed by atoms with Gasteiger partial charge in [-0.1, -0.05) is 11.6 Å². The second kappa shape index (κ2) is 6.36. The average molecular weight is 310 g/mol. The number of carbonyl (C=O) groups is 1. The van der Waals surface area contributed by atoms with Gasteiger partial charge in [-0.15, -0.1) is 0 Å². The Balaban J connectivity index is 2.12. The molecular weight excluding hydrogens is 298 g/mol. The topological polar surface area (TPSA) is 98.3 Å². The van der Waals surface area contributed by atoms with Crippen molar-refractivity contribution in [3.8, 4) is 0 Å². The number of nitrogens with zero attached hydrogens (tertiary/aromatic N) is 2. The van der Waals surface area contributed by atoms with Gasteiger partial charge in [0, 0.05) is 12.5 Å². The summed E-state index contributed by atoms with van der Waals surface area (Å²) in [6, 6.07) is 4.45. The van der Waals surface area contributed by atoms with Crippen molar-refractivity contribution >= 4 is 23.2 Å². The lowest BCUT2D eigenvalue weighted by molar-refractivity contribution is -0.385.